The maximum Gasteiger partial charge on any atom is 0.305 e. The van der Waals surface area contributed by atoms with Crippen molar-refractivity contribution in [1.82, 2.24) is 10.6 Å². The molecule has 0 rings (SSSR count). The highest BCUT2D eigenvalue weighted by molar-refractivity contribution is 7.80. The lowest BCUT2D eigenvalue weighted by atomic mass is 9.87. The van der Waals surface area contributed by atoms with Crippen LogP contribution in [0, 0.1) is 5.41 Å². The number of aliphatic hydroxyl groups excluding tert-OH is 2. The predicted molar refractivity (Wildman–Crippen MR) is 172 cm³/mol. The molecule has 0 aromatic rings. The minimum absolute atomic E-state index is 0.0788. The maximum absolute atomic E-state index is 12.2. The molecule has 0 fully saturated rings. The molecular formula is C32H54N2O6S. The van der Waals surface area contributed by atoms with Gasteiger partial charge in [0.05, 0.1) is 6.61 Å². The second-order valence-electron chi connectivity index (χ2n) is 9.77. The van der Waals surface area contributed by atoms with Gasteiger partial charge in [0.2, 0.25) is 11.8 Å². The molecule has 4 N–H and O–H groups in total. The van der Waals surface area contributed by atoms with Gasteiger partial charge in [0.1, 0.15) is 6.10 Å². The number of carbonyl (C=O) groups excluding carboxylic acids is 3. The van der Waals surface area contributed by atoms with Gasteiger partial charge in [-0.25, -0.2) is 0 Å². The number of rotatable bonds is 22. The Kier molecular flexibility index (Phi) is 28.6. The number of esters is 1. The molecular weight excluding hydrogens is 540 g/mol. The molecule has 0 saturated heterocycles. The Morgan fingerprint density at radius 3 is 1.83 bits per heavy atom. The number of hydrogen-bond donors (Lipinski definition) is 5. The topological polar surface area (TPSA) is 125 Å². The molecule has 0 aliphatic carbocycles. The van der Waals surface area contributed by atoms with Gasteiger partial charge in [-0.05, 0) is 44.9 Å². The number of thiol groups is 1. The number of carbonyl (C=O) groups is 3. The first kappa shape index (κ1) is 40.5. The lowest BCUT2D eigenvalue weighted by Crippen LogP contribution is -2.47. The van der Waals surface area contributed by atoms with Gasteiger partial charge in [0.25, 0.3) is 0 Å². The number of ether oxygens (including phenoxy) is 1. The highest BCUT2D eigenvalue weighted by Crippen LogP contribution is 2.22. The van der Waals surface area contributed by atoms with Crippen molar-refractivity contribution in [2.45, 2.75) is 84.7 Å². The lowest BCUT2D eigenvalue weighted by molar-refractivity contribution is -0.153. The number of hydrogen-bond acceptors (Lipinski definition) is 7. The number of amides is 2. The van der Waals surface area contributed by atoms with E-state index in [0.29, 0.717) is 18.7 Å². The van der Waals surface area contributed by atoms with E-state index in [1.54, 1.807) is 13.8 Å². The lowest BCUT2D eigenvalue weighted by Gasteiger charge is -2.29. The highest BCUT2D eigenvalue weighted by atomic mass is 32.1. The van der Waals surface area contributed by atoms with E-state index in [2.05, 4.69) is 90.9 Å². The third kappa shape index (κ3) is 26.1. The molecule has 234 valence electrons. The van der Waals surface area contributed by atoms with Crippen LogP contribution in [0.15, 0.2) is 60.8 Å². The second kappa shape index (κ2) is 28.9. The van der Waals surface area contributed by atoms with Crippen molar-refractivity contribution in [2.24, 2.45) is 5.41 Å². The molecule has 0 aliphatic heterocycles. The van der Waals surface area contributed by atoms with E-state index < -0.39 is 17.4 Å². The standard InChI is InChI=1S/C31H50N2O5S.CH4O/c1-4-5-6-7-8-9-10-11-12-13-14-15-16-17-18-19-20-21-28(35)38-26-31(2,3)29(36)30(37)33-23-22-27(34)32-24-25-39;1-2/h5-6,8-9,11-12,14-15,17-18,29,36,39H,4,7,10,13,16,19-26H2,1-3H3,(H,32,34)(H,33,37);2H,1H3/b6-5-,9-8-,12-11-,15-14-,18-17-;/t29-;/m0./s1. The summed E-state index contributed by atoms with van der Waals surface area (Å²) >= 11 is 4.01. The van der Waals surface area contributed by atoms with Gasteiger partial charge in [-0.3, -0.25) is 14.4 Å². The summed E-state index contributed by atoms with van der Waals surface area (Å²) in [6.07, 6.45) is 26.8. The summed E-state index contributed by atoms with van der Waals surface area (Å²) in [4.78, 5) is 35.8. The first-order valence-electron chi connectivity index (χ1n) is 14.4. The number of nitrogens with one attached hydrogen (secondary N) is 2. The number of aliphatic hydroxyl groups is 2. The Bertz CT molecular complexity index is 834. The Labute approximate surface area is 253 Å². The van der Waals surface area contributed by atoms with Crippen molar-refractivity contribution in [2.75, 3.05) is 32.6 Å². The highest BCUT2D eigenvalue weighted by Gasteiger charge is 2.34. The minimum atomic E-state index is -1.37. The maximum atomic E-state index is 12.2. The van der Waals surface area contributed by atoms with Crippen LogP contribution in [0.2, 0.25) is 0 Å². The molecule has 8 nitrogen and oxygen atoms in total. The average molecular weight is 595 g/mol. The largest absolute Gasteiger partial charge is 0.465 e. The Balaban J connectivity index is 0. The predicted octanol–water partition coefficient (Wildman–Crippen LogP) is 5.00. The van der Waals surface area contributed by atoms with Crippen LogP contribution in [0.25, 0.3) is 0 Å². The first-order valence-corrected chi connectivity index (χ1v) is 15.1. The van der Waals surface area contributed by atoms with Gasteiger partial charge in [-0.1, -0.05) is 81.5 Å². The summed E-state index contributed by atoms with van der Waals surface area (Å²) in [5, 5.41) is 22.6. The van der Waals surface area contributed by atoms with E-state index in [1.807, 2.05) is 0 Å². The monoisotopic (exact) mass is 594 g/mol. The quantitative estimate of drug-likeness (QED) is 0.0520. The fraction of sp³-hybridized carbons (Fsp3) is 0.594. The van der Waals surface area contributed by atoms with Crippen molar-refractivity contribution < 1.29 is 29.3 Å². The van der Waals surface area contributed by atoms with Crippen LogP contribution >= 0.6 is 12.6 Å². The molecule has 0 bridgehead atoms. The number of unbranched alkanes of at least 4 members (excludes halogenated alkanes) is 1. The van der Waals surface area contributed by atoms with Gasteiger partial charge < -0.3 is 25.6 Å². The third-order valence-electron chi connectivity index (χ3n) is 5.59. The summed E-state index contributed by atoms with van der Waals surface area (Å²) in [7, 11) is 1.00. The van der Waals surface area contributed by atoms with Crippen molar-refractivity contribution in [3.63, 3.8) is 0 Å². The van der Waals surface area contributed by atoms with Crippen LogP contribution in [0.4, 0.5) is 0 Å². The fourth-order valence-corrected chi connectivity index (χ4v) is 3.30. The summed E-state index contributed by atoms with van der Waals surface area (Å²) in [6.45, 7) is 5.93. The summed E-state index contributed by atoms with van der Waals surface area (Å²) in [5.74, 6) is -0.621. The molecule has 0 aromatic heterocycles. The van der Waals surface area contributed by atoms with E-state index in [0.717, 1.165) is 45.6 Å². The minimum Gasteiger partial charge on any atom is -0.465 e. The number of allylic oxidation sites excluding steroid dienone is 10. The molecule has 0 spiro atoms. The van der Waals surface area contributed by atoms with Gasteiger partial charge in [0, 0.05) is 44.2 Å². The Morgan fingerprint density at radius 1 is 0.805 bits per heavy atom. The van der Waals surface area contributed by atoms with Gasteiger partial charge in [-0.2, -0.15) is 12.6 Å². The molecule has 0 radical (unpaired) electrons. The molecule has 41 heavy (non-hydrogen) atoms. The molecule has 2 amide bonds. The first-order chi connectivity index (χ1) is 19.7. The van der Waals surface area contributed by atoms with E-state index in [4.69, 9.17) is 9.84 Å². The van der Waals surface area contributed by atoms with Gasteiger partial charge in [-0.15, -0.1) is 0 Å². The Morgan fingerprint density at radius 2 is 1.32 bits per heavy atom. The molecule has 0 unspecified atom stereocenters. The third-order valence-corrected chi connectivity index (χ3v) is 5.81. The van der Waals surface area contributed by atoms with Gasteiger partial charge in [0.15, 0.2) is 0 Å². The van der Waals surface area contributed by atoms with Crippen LogP contribution in [0.5, 0.6) is 0 Å². The van der Waals surface area contributed by atoms with E-state index in [1.165, 1.54) is 0 Å². The molecule has 1 atom stereocenters. The molecule has 9 heteroatoms. The zero-order valence-corrected chi connectivity index (χ0v) is 26.4. The van der Waals surface area contributed by atoms with E-state index in [9.17, 15) is 19.5 Å². The molecule has 0 aromatic carbocycles. The summed E-state index contributed by atoms with van der Waals surface area (Å²) in [5.41, 5.74) is -0.960. The van der Waals surface area contributed by atoms with E-state index in [-0.39, 0.29) is 37.9 Å². The van der Waals surface area contributed by atoms with Crippen LogP contribution in [-0.4, -0.2) is 66.7 Å². The molecule has 0 aliphatic rings. The molecule has 0 heterocycles. The van der Waals surface area contributed by atoms with Crippen LogP contribution in [-0.2, 0) is 19.1 Å². The van der Waals surface area contributed by atoms with Crippen LogP contribution in [0.3, 0.4) is 0 Å². The average Bonchev–Trinajstić information content (AvgIpc) is 2.97. The zero-order chi connectivity index (χ0) is 31.2. The van der Waals surface area contributed by atoms with Gasteiger partial charge >= 0.3 is 5.97 Å². The summed E-state index contributed by atoms with van der Waals surface area (Å²) < 4.78 is 5.29. The smallest absolute Gasteiger partial charge is 0.305 e. The molecule has 0 saturated carbocycles. The van der Waals surface area contributed by atoms with Crippen molar-refractivity contribution in [1.29, 1.82) is 0 Å². The van der Waals surface area contributed by atoms with Crippen molar-refractivity contribution in [3.05, 3.63) is 60.8 Å². The van der Waals surface area contributed by atoms with E-state index >= 15 is 0 Å². The normalized spacial score (nSPS) is 12.8. The van der Waals surface area contributed by atoms with Crippen molar-refractivity contribution in [3.8, 4) is 0 Å². The Hall–Kier alpha value is -2.62. The van der Waals surface area contributed by atoms with Crippen molar-refractivity contribution >= 4 is 30.4 Å². The van der Waals surface area contributed by atoms with Crippen LogP contribution < -0.4 is 10.6 Å². The SMILES string of the molecule is CC/C=C\C/C=C\C/C=C\C/C=C\C/C=C\CCCC(=O)OCC(C)(C)[C@@H](O)C(=O)NCCC(=O)NCCS.CO. The summed E-state index contributed by atoms with van der Waals surface area (Å²) in [6, 6.07) is 0. The van der Waals surface area contributed by atoms with Crippen LogP contribution in [0.1, 0.15) is 78.6 Å². The fourth-order valence-electron chi connectivity index (χ4n) is 3.18. The zero-order valence-electron chi connectivity index (χ0n) is 25.5. The second-order valence-corrected chi connectivity index (χ2v) is 10.2.